The molecule has 41 heavy (non-hydrogen) atoms. The van der Waals surface area contributed by atoms with Crippen molar-refractivity contribution in [3.63, 3.8) is 0 Å². The van der Waals surface area contributed by atoms with Gasteiger partial charge < -0.3 is 25.0 Å². The summed E-state index contributed by atoms with van der Waals surface area (Å²) in [6, 6.07) is 11.2. The van der Waals surface area contributed by atoms with Gasteiger partial charge in [0.25, 0.3) is 17.4 Å². The molecule has 2 aromatic carbocycles. The maximum Gasteiger partial charge on any atom is 0.263 e. The number of hydrogen-bond donors (Lipinski definition) is 2. The molecule has 0 unspecified atom stereocenters. The highest BCUT2D eigenvalue weighted by Gasteiger charge is 2.32. The van der Waals surface area contributed by atoms with Crippen molar-refractivity contribution in [2.45, 2.75) is 52.1 Å². The Kier molecular flexibility index (Phi) is 9.70. The molecule has 0 spiro atoms. The number of aromatic nitrogens is 2. The van der Waals surface area contributed by atoms with Crippen LogP contribution < -0.4 is 16.2 Å². The second kappa shape index (κ2) is 13.0. The summed E-state index contributed by atoms with van der Waals surface area (Å²) in [4.78, 5) is 46.4. The summed E-state index contributed by atoms with van der Waals surface area (Å²) < 4.78 is 11.7. The molecule has 0 bridgehead atoms. The van der Waals surface area contributed by atoms with Crippen molar-refractivity contribution in [3.05, 3.63) is 85.2 Å². The van der Waals surface area contributed by atoms with Gasteiger partial charge in [-0.2, -0.15) is 0 Å². The van der Waals surface area contributed by atoms with Crippen LogP contribution in [-0.2, 0) is 22.4 Å². The number of hydrogen-bond acceptors (Lipinski definition) is 7. The van der Waals surface area contributed by atoms with E-state index in [2.05, 4.69) is 10.6 Å². The fourth-order valence-electron chi connectivity index (χ4n) is 4.62. The van der Waals surface area contributed by atoms with Crippen molar-refractivity contribution >= 4 is 41.0 Å². The lowest BCUT2D eigenvalue weighted by Gasteiger charge is -2.34. The van der Waals surface area contributed by atoms with Crippen LogP contribution in [0.3, 0.4) is 0 Å². The molecule has 2 amide bonds. The fraction of sp³-hybridized carbons (Fsp3) is 0.379. The van der Waals surface area contributed by atoms with Gasteiger partial charge in [0, 0.05) is 43.0 Å². The Morgan fingerprint density at radius 1 is 1.05 bits per heavy atom. The summed E-state index contributed by atoms with van der Waals surface area (Å²) >= 11 is 12.2. The van der Waals surface area contributed by atoms with E-state index in [1.807, 2.05) is 20.8 Å². The lowest BCUT2D eigenvalue weighted by atomic mass is 9.98. The molecule has 0 radical (unpaired) electrons. The predicted molar refractivity (Wildman–Crippen MR) is 158 cm³/mol. The van der Waals surface area contributed by atoms with Gasteiger partial charge in [-0.1, -0.05) is 23.2 Å². The van der Waals surface area contributed by atoms with Gasteiger partial charge in [-0.3, -0.25) is 14.4 Å². The van der Waals surface area contributed by atoms with E-state index in [0.29, 0.717) is 50.5 Å². The highest BCUT2D eigenvalue weighted by molar-refractivity contribution is 6.42. The summed E-state index contributed by atoms with van der Waals surface area (Å²) in [5.74, 6) is -0.171. The Labute approximate surface area is 248 Å². The van der Waals surface area contributed by atoms with E-state index in [4.69, 9.17) is 37.7 Å². The number of ether oxygens (including phenoxy) is 2. The molecule has 1 aromatic heterocycles. The molecular weight excluding hydrogens is 569 g/mol. The summed E-state index contributed by atoms with van der Waals surface area (Å²) in [7, 11) is 2.99. The summed E-state index contributed by atoms with van der Waals surface area (Å²) in [6.45, 7) is 6.14. The monoisotopic (exact) mass is 601 g/mol. The largest absolute Gasteiger partial charge is 0.354 e. The average Bonchev–Trinajstić information content (AvgIpc) is 2.95. The second-order valence-electron chi connectivity index (χ2n) is 10.1. The SMILES string of the molecule is COC(CNC(=O)c1ccc(-n2c(NC(C)C)nc3c(c2=O)C[C@@H](C)N(C(=O)c2ccc(Cl)c(Cl)c2)C3)cc1)OC. The van der Waals surface area contributed by atoms with Crippen molar-refractivity contribution in [2.24, 2.45) is 0 Å². The number of halogens is 2. The van der Waals surface area contributed by atoms with E-state index in [1.54, 1.807) is 47.4 Å². The highest BCUT2D eigenvalue weighted by atomic mass is 35.5. The topological polar surface area (TPSA) is 115 Å². The maximum atomic E-state index is 13.9. The first kappa shape index (κ1) is 30.5. The number of methoxy groups -OCH3 is 2. The second-order valence-corrected chi connectivity index (χ2v) is 10.9. The van der Waals surface area contributed by atoms with Crippen LogP contribution in [-0.4, -0.2) is 65.4 Å². The zero-order valence-corrected chi connectivity index (χ0v) is 25.0. The molecule has 0 aliphatic carbocycles. The molecule has 2 N–H and O–H groups in total. The number of anilines is 1. The predicted octanol–water partition coefficient (Wildman–Crippen LogP) is 4.30. The minimum absolute atomic E-state index is 0.0257. The molecule has 2 heterocycles. The molecule has 0 fully saturated rings. The molecule has 10 nitrogen and oxygen atoms in total. The molecule has 1 aliphatic heterocycles. The van der Waals surface area contributed by atoms with Gasteiger partial charge in [-0.25, -0.2) is 9.55 Å². The molecule has 218 valence electrons. The first-order chi connectivity index (χ1) is 19.5. The third kappa shape index (κ3) is 6.73. The third-order valence-corrected chi connectivity index (χ3v) is 7.54. The van der Waals surface area contributed by atoms with Crippen molar-refractivity contribution in [1.82, 2.24) is 19.8 Å². The maximum absolute atomic E-state index is 13.9. The Morgan fingerprint density at radius 3 is 2.32 bits per heavy atom. The van der Waals surface area contributed by atoms with E-state index < -0.39 is 6.29 Å². The number of carbonyl (C=O) groups excluding carboxylic acids is 2. The van der Waals surface area contributed by atoms with E-state index in [1.165, 1.54) is 18.8 Å². The lowest BCUT2D eigenvalue weighted by Crippen LogP contribution is -2.46. The van der Waals surface area contributed by atoms with Crippen LogP contribution in [0.15, 0.2) is 47.3 Å². The van der Waals surface area contributed by atoms with Gasteiger partial charge in [0.05, 0.1) is 34.5 Å². The van der Waals surface area contributed by atoms with Crippen LogP contribution in [0.5, 0.6) is 0 Å². The van der Waals surface area contributed by atoms with Crippen LogP contribution in [0.4, 0.5) is 5.95 Å². The molecule has 4 rings (SSSR count). The standard InChI is InChI=1S/C29H33Cl2N5O5/c1-16(2)33-29-34-24-15-35(27(38)19-8-11-22(30)23(31)13-19)17(3)12-21(24)28(39)36(29)20-9-6-18(7-10-20)26(37)32-14-25(40-4)41-5/h6-11,13,16-17,25H,12,14-15H2,1-5H3,(H,32,37)(H,33,34)/t17-/m1/s1. The van der Waals surface area contributed by atoms with E-state index in [9.17, 15) is 14.4 Å². The fourth-order valence-corrected chi connectivity index (χ4v) is 4.92. The van der Waals surface area contributed by atoms with E-state index in [0.717, 1.165) is 0 Å². The molecule has 12 heteroatoms. The number of amides is 2. The van der Waals surface area contributed by atoms with Crippen LogP contribution in [0, 0.1) is 0 Å². The first-order valence-corrected chi connectivity index (χ1v) is 13.9. The van der Waals surface area contributed by atoms with Crippen LogP contribution in [0.2, 0.25) is 10.0 Å². The smallest absolute Gasteiger partial charge is 0.263 e. The van der Waals surface area contributed by atoms with Crippen LogP contribution in [0.25, 0.3) is 5.69 Å². The summed E-state index contributed by atoms with van der Waals surface area (Å²) in [5, 5.41) is 6.68. The van der Waals surface area contributed by atoms with Crippen molar-refractivity contribution in [2.75, 3.05) is 26.1 Å². The normalized spacial score (nSPS) is 14.8. The summed E-state index contributed by atoms with van der Waals surface area (Å²) in [6.07, 6.45) is -0.225. The van der Waals surface area contributed by atoms with Gasteiger partial charge in [0.1, 0.15) is 0 Å². The molecule has 1 aliphatic rings. The average molecular weight is 603 g/mol. The quantitative estimate of drug-likeness (QED) is 0.351. The third-order valence-electron chi connectivity index (χ3n) is 6.80. The van der Waals surface area contributed by atoms with E-state index in [-0.39, 0.29) is 42.5 Å². The summed E-state index contributed by atoms with van der Waals surface area (Å²) in [5.41, 5.74) is 2.22. The minimum Gasteiger partial charge on any atom is -0.354 e. The van der Waals surface area contributed by atoms with Crippen molar-refractivity contribution < 1.29 is 19.1 Å². The Morgan fingerprint density at radius 2 is 1.71 bits per heavy atom. The lowest BCUT2D eigenvalue weighted by molar-refractivity contribution is -0.0974. The first-order valence-electron chi connectivity index (χ1n) is 13.2. The highest BCUT2D eigenvalue weighted by Crippen LogP contribution is 2.27. The van der Waals surface area contributed by atoms with Gasteiger partial charge in [-0.15, -0.1) is 0 Å². The van der Waals surface area contributed by atoms with Crippen molar-refractivity contribution in [3.8, 4) is 5.69 Å². The molecule has 1 atom stereocenters. The minimum atomic E-state index is -0.555. The number of benzene rings is 2. The number of fused-ring (bicyclic) bond motifs is 1. The molecule has 3 aromatic rings. The molecule has 0 saturated carbocycles. The Balaban J connectivity index is 1.65. The van der Waals surface area contributed by atoms with Gasteiger partial charge >= 0.3 is 0 Å². The Hall–Kier alpha value is -3.44. The number of nitrogens with one attached hydrogen (secondary N) is 2. The van der Waals surface area contributed by atoms with Gasteiger partial charge in [0.15, 0.2) is 6.29 Å². The van der Waals surface area contributed by atoms with Gasteiger partial charge in [-0.05, 0) is 69.7 Å². The van der Waals surface area contributed by atoms with Crippen molar-refractivity contribution in [1.29, 1.82) is 0 Å². The van der Waals surface area contributed by atoms with Crippen LogP contribution >= 0.6 is 23.2 Å². The Bertz CT molecular complexity index is 1490. The zero-order chi connectivity index (χ0) is 29.8. The number of nitrogens with zero attached hydrogens (tertiary/aromatic N) is 3. The molecular formula is C29H33Cl2N5O5. The van der Waals surface area contributed by atoms with E-state index >= 15 is 0 Å². The number of carbonyl (C=O) groups is 2. The van der Waals surface area contributed by atoms with Crippen LogP contribution in [0.1, 0.15) is 52.7 Å². The van der Waals surface area contributed by atoms with Gasteiger partial charge in [0.2, 0.25) is 5.95 Å². The number of rotatable bonds is 9. The molecule has 0 saturated heterocycles. The zero-order valence-electron chi connectivity index (χ0n) is 23.5.